The van der Waals surface area contributed by atoms with Gasteiger partial charge in [0.15, 0.2) is 18.6 Å². The molecule has 1 aliphatic rings. The highest BCUT2D eigenvalue weighted by Crippen LogP contribution is 2.30. The minimum Gasteiger partial charge on any atom is -0.459 e. The van der Waals surface area contributed by atoms with Crippen LogP contribution in [0.4, 0.5) is 4.39 Å². The summed E-state index contributed by atoms with van der Waals surface area (Å²) in [6.07, 6.45) is -5.70. The summed E-state index contributed by atoms with van der Waals surface area (Å²) in [5.74, 6) is -1.68. The van der Waals surface area contributed by atoms with Crippen molar-refractivity contribution in [2.24, 2.45) is 0 Å². The Bertz CT molecular complexity index is 988. The van der Waals surface area contributed by atoms with E-state index >= 15 is 0 Å². The number of esters is 2. The summed E-state index contributed by atoms with van der Waals surface area (Å²) in [6, 6.07) is 8.37. The maximum Gasteiger partial charge on any atom is 0.340 e. The molecule has 2 aromatic carbocycles. The van der Waals surface area contributed by atoms with Crippen LogP contribution in [0, 0.1) is 0 Å². The van der Waals surface area contributed by atoms with Crippen LogP contribution in [0.5, 0.6) is 0 Å². The molecule has 1 aliphatic heterocycles. The Balaban J connectivity index is 1.71. The number of benzene rings is 2. The lowest BCUT2D eigenvalue weighted by molar-refractivity contribution is -0.142. The lowest BCUT2D eigenvalue weighted by Crippen LogP contribution is -2.37. The normalized spacial score (nSPS) is 22.9. The van der Waals surface area contributed by atoms with Crippen molar-refractivity contribution in [1.29, 1.82) is 0 Å². The second kappa shape index (κ2) is 10.3. The molecular weight excluding hydrogens is 497 g/mol. The summed E-state index contributed by atoms with van der Waals surface area (Å²) in [7, 11) is 1.23. The van der Waals surface area contributed by atoms with Crippen LogP contribution in [-0.4, -0.2) is 50.3 Å². The molecule has 1 heterocycles. The number of ether oxygens (including phenoxy) is 4. The minimum atomic E-state index is -1.83. The Kier molecular flexibility index (Phi) is 8.02. The summed E-state index contributed by atoms with van der Waals surface area (Å²) < 4.78 is 35.5. The van der Waals surface area contributed by atoms with Crippen molar-refractivity contribution < 1.29 is 32.9 Å². The third-order valence-electron chi connectivity index (χ3n) is 4.41. The van der Waals surface area contributed by atoms with E-state index in [-0.39, 0.29) is 21.2 Å². The zero-order valence-electron chi connectivity index (χ0n) is 15.8. The number of rotatable bonds is 6. The smallest absolute Gasteiger partial charge is 0.340 e. The molecule has 0 aromatic heterocycles. The molecule has 11 heteroatoms. The molecule has 0 N–H and O–H groups in total. The van der Waals surface area contributed by atoms with Crippen LogP contribution in [0.15, 0.2) is 36.4 Å². The SMILES string of the molecule is COC1O[C@H](COC(=O)c2ccc(Cl)cc2Cl)[C@@H](OC(=O)c2ccc(Cl)cc2Cl)[C@@H]1F. The van der Waals surface area contributed by atoms with E-state index in [1.165, 1.54) is 43.5 Å². The molecule has 0 aliphatic carbocycles. The van der Waals surface area contributed by atoms with E-state index in [0.717, 1.165) is 0 Å². The maximum atomic E-state index is 14.7. The molecule has 0 amide bonds. The molecule has 0 saturated carbocycles. The van der Waals surface area contributed by atoms with Gasteiger partial charge in [-0.3, -0.25) is 0 Å². The minimum absolute atomic E-state index is 0.0113. The van der Waals surface area contributed by atoms with E-state index < -0.39 is 43.2 Å². The van der Waals surface area contributed by atoms with E-state index in [2.05, 4.69) is 0 Å². The summed E-state index contributed by atoms with van der Waals surface area (Å²) >= 11 is 23.6. The van der Waals surface area contributed by atoms with E-state index in [1.807, 2.05) is 0 Å². The second-order valence-electron chi connectivity index (χ2n) is 6.44. The number of halogens is 5. The van der Waals surface area contributed by atoms with Crippen molar-refractivity contribution in [2.75, 3.05) is 13.7 Å². The van der Waals surface area contributed by atoms with Gasteiger partial charge in [-0.1, -0.05) is 46.4 Å². The van der Waals surface area contributed by atoms with Gasteiger partial charge >= 0.3 is 11.9 Å². The fourth-order valence-corrected chi connectivity index (χ4v) is 3.85. The lowest BCUT2D eigenvalue weighted by Gasteiger charge is -2.20. The molecule has 1 fully saturated rings. The number of hydrogen-bond acceptors (Lipinski definition) is 6. The molecule has 1 saturated heterocycles. The van der Waals surface area contributed by atoms with E-state index in [4.69, 9.17) is 65.4 Å². The van der Waals surface area contributed by atoms with E-state index in [0.29, 0.717) is 10.0 Å². The van der Waals surface area contributed by atoms with E-state index in [1.54, 1.807) is 0 Å². The first-order valence-corrected chi connectivity index (χ1v) is 10.3. The molecule has 1 unspecified atom stereocenters. The highest BCUT2D eigenvalue weighted by atomic mass is 35.5. The third-order valence-corrected chi connectivity index (χ3v) is 5.50. The van der Waals surface area contributed by atoms with Crippen LogP contribution in [-0.2, 0) is 18.9 Å². The van der Waals surface area contributed by atoms with Crippen molar-refractivity contribution in [3.8, 4) is 0 Å². The quantitative estimate of drug-likeness (QED) is 0.484. The Hall–Kier alpha value is -1.61. The fourth-order valence-electron chi connectivity index (χ4n) is 2.88. The predicted molar refractivity (Wildman–Crippen MR) is 113 cm³/mol. The van der Waals surface area contributed by atoms with Crippen molar-refractivity contribution in [1.82, 2.24) is 0 Å². The molecule has 166 valence electrons. The predicted octanol–water partition coefficient (Wildman–Crippen LogP) is 5.39. The summed E-state index contributed by atoms with van der Waals surface area (Å²) in [5, 5.41) is 0.787. The van der Waals surface area contributed by atoms with Crippen molar-refractivity contribution in [2.45, 2.75) is 24.7 Å². The molecule has 4 atom stereocenters. The van der Waals surface area contributed by atoms with Crippen LogP contribution < -0.4 is 0 Å². The first-order chi connectivity index (χ1) is 14.7. The Labute approximate surface area is 197 Å². The molecule has 0 spiro atoms. The monoisotopic (exact) mass is 510 g/mol. The lowest BCUT2D eigenvalue weighted by atomic mass is 10.1. The van der Waals surface area contributed by atoms with Crippen LogP contribution in [0.25, 0.3) is 0 Å². The molecule has 0 radical (unpaired) electrons. The maximum absolute atomic E-state index is 14.7. The number of carbonyl (C=O) groups is 2. The van der Waals surface area contributed by atoms with Gasteiger partial charge in [0.25, 0.3) is 0 Å². The van der Waals surface area contributed by atoms with Gasteiger partial charge in [-0.25, -0.2) is 14.0 Å². The highest BCUT2D eigenvalue weighted by Gasteiger charge is 2.49. The van der Waals surface area contributed by atoms with Gasteiger partial charge in [0.1, 0.15) is 12.7 Å². The van der Waals surface area contributed by atoms with Gasteiger partial charge in [0, 0.05) is 17.2 Å². The molecule has 31 heavy (non-hydrogen) atoms. The van der Waals surface area contributed by atoms with Gasteiger partial charge in [-0.15, -0.1) is 0 Å². The fraction of sp³-hybridized carbons (Fsp3) is 0.300. The largest absolute Gasteiger partial charge is 0.459 e. The average Bonchev–Trinajstić information content (AvgIpc) is 3.01. The van der Waals surface area contributed by atoms with E-state index in [9.17, 15) is 14.0 Å². The van der Waals surface area contributed by atoms with Gasteiger partial charge < -0.3 is 18.9 Å². The topological polar surface area (TPSA) is 71.1 Å². The molecule has 2 aromatic rings. The third kappa shape index (κ3) is 5.61. The van der Waals surface area contributed by atoms with Crippen molar-refractivity contribution >= 4 is 58.3 Å². The Morgan fingerprint density at radius 1 is 0.968 bits per heavy atom. The van der Waals surface area contributed by atoms with Crippen molar-refractivity contribution in [3.05, 3.63) is 67.6 Å². The summed E-state index contributed by atoms with van der Waals surface area (Å²) in [5.41, 5.74) is 0.0495. The van der Waals surface area contributed by atoms with Gasteiger partial charge in [-0.05, 0) is 36.4 Å². The average molecular weight is 512 g/mol. The molecule has 3 rings (SSSR count). The Morgan fingerprint density at radius 2 is 1.52 bits per heavy atom. The number of carbonyl (C=O) groups excluding carboxylic acids is 2. The first-order valence-electron chi connectivity index (χ1n) is 8.81. The van der Waals surface area contributed by atoms with Crippen LogP contribution in [0.3, 0.4) is 0 Å². The highest BCUT2D eigenvalue weighted by molar-refractivity contribution is 6.37. The first kappa shape index (κ1) is 24.0. The zero-order chi connectivity index (χ0) is 22.7. The van der Waals surface area contributed by atoms with Gasteiger partial charge in [0.2, 0.25) is 0 Å². The molecule has 6 nitrogen and oxygen atoms in total. The number of alkyl halides is 1. The number of hydrogen-bond donors (Lipinski definition) is 0. The standard InChI is InChI=1S/C20H15Cl4FO6/c1-28-20-16(25)17(31-19(27)12-5-3-10(22)7-14(12)24)15(30-20)8-29-18(26)11-4-2-9(21)6-13(11)23/h2-7,15-17,20H,8H2,1H3/t15-,16+,17-,20?/m1/s1. The summed E-state index contributed by atoms with van der Waals surface area (Å²) in [4.78, 5) is 24.8. The molecular formula is C20H15Cl4FO6. The zero-order valence-corrected chi connectivity index (χ0v) is 18.8. The van der Waals surface area contributed by atoms with Crippen LogP contribution in [0.2, 0.25) is 20.1 Å². The van der Waals surface area contributed by atoms with Crippen molar-refractivity contribution in [3.63, 3.8) is 0 Å². The van der Waals surface area contributed by atoms with Gasteiger partial charge in [0.05, 0.1) is 21.2 Å². The van der Waals surface area contributed by atoms with Crippen LogP contribution >= 0.6 is 46.4 Å². The second-order valence-corrected chi connectivity index (χ2v) is 8.13. The Morgan fingerprint density at radius 3 is 2.03 bits per heavy atom. The van der Waals surface area contributed by atoms with Crippen LogP contribution in [0.1, 0.15) is 20.7 Å². The molecule has 0 bridgehead atoms. The van der Waals surface area contributed by atoms with Gasteiger partial charge in [-0.2, -0.15) is 0 Å². The number of methoxy groups -OCH3 is 1. The summed E-state index contributed by atoms with van der Waals surface area (Å²) in [6.45, 7) is -0.426.